The lowest BCUT2D eigenvalue weighted by atomic mass is 10.1. The predicted octanol–water partition coefficient (Wildman–Crippen LogP) is 3.55. The molecule has 1 aromatic carbocycles. The lowest BCUT2D eigenvalue weighted by Gasteiger charge is -2.35. The van der Waals surface area contributed by atoms with Crippen LogP contribution in [0.2, 0.25) is 5.02 Å². The van der Waals surface area contributed by atoms with Crippen molar-refractivity contribution < 1.29 is 22.3 Å². The fourth-order valence-electron chi connectivity index (χ4n) is 2.81. The highest BCUT2D eigenvalue weighted by molar-refractivity contribution is 7.89. The number of carbonyl (C=O) groups excluding carboxylic acids is 1. The van der Waals surface area contributed by atoms with Crippen molar-refractivity contribution in [3.63, 3.8) is 0 Å². The molecule has 0 aliphatic carbocycles. The van der Waals surface area contributed by atoms with Crippen molar-refractivity contribution in [1.29, 1.82) is 0 Å². The minimum atomic E-state index is -3.98. The molecule has 0 aromatic heterocycles. The van der Waals surface area contributed by atoms with E-state index in [-0.39, 0.29) is 23.0 Å². The van der Waals surface area contributed by atoms with E-state index in [1.807, 2.05) is 0 Å². The van der Waals surface area contributed by atoms with E-state index < -0.39 is 33.6 Å². The van der Waals surface area contributed by atoms with Gasteiger partial charge < -0.3 is 10.1 Å². The molecule has 1 saturated heterocycles. The van der Waals surface area contributed by atoms with Gasteiger partial charge in [-0.3, -0.25) is 0 Å². The smallest absolute Gasteiger partial charge is 0.407 e. The molecule has 1 atom stereocenters. The molecule has 1 N–H and O–H groups in total. The number of benzene rings is 1. The highest BCUT2D eigenvalue weighted by atomic mass is 35.5. The molecule has 1 unspecified atom stereocenters. The average Bonchev–Trinajstić information content (AvgIpc) is 2.53. The van der Waals surface area contributed by atoms with E-state index >= 15 is 0 Å². The number of hydrogen-bond acceptors (Lipinski definition) is 4. The minimum absolute atomic E-state index is 0.0316. The number of piperidine rings is 1. The molecule has 6 nitrogen and oxygen atoms in total. The van der Waals surface area contributed by atoms with Gasteiger partial charge in [0.15, 0.2) is 0 Å². The zero-order valence-electron chi connectivity index (χ0n) is 15.1. The van der Waals surface area contributed by atoms with Gasteiger partial charge in [-0.15, -0.1) is 0 Å². The van der Waals surface area contributed by atoms with Crippen LogP contribution in [0.1, 0.15) is 40.0 Å². The molecule has 26 heavy (non-hydrogen) atoms. The third kappa shape index (κ3) is 5.31. The number of ether oxygens (including phenoxy) is 1. The van der Waals surface area contributed by atoms with Crippen LogP contribution in [0.5, 0.6) is 0 Å². The van der Waals surface area contributed by atoms with Crippen LogP contribution < -0.4 is 5.32 Å². The fourth-order valence-corrected chi connectivity index (χ4v) is 4.99. The maximum atomic E-state index is 13.5. The van der Waals surface area contributed by atoms with Crippen LogP contribution in [0.3, 0.4) is 0 Å². The van der Waals surface area contributed by atoms with Gasteiger partial charge in [-0.2, -0.15) is 4.31 Å². The normalized spacial score (nSPS) is 19.2. The summed E-state index contributed by atoms with van der Waals surface area (Å²) in [6.45, 7) is 5.64. The van der Waals surface area contributed by atoms with E-state index in [4.69, 9.17) is 16.3 Å². The van der Waals surface area contributed by atoms with Crippen molar-refractivity contribution in [1.82, 2.24) is 9.62 Å². The summed E-state index contributed by atoms with van der Waals surface area (Å²) in [5, 5.41) is 2.58. The van der Waals surface area contributed by atoms with Crippen molar-refractivity contribution in [2.75, 3.05) is 13.1 Å². The second-order valence-corrected chi connectivity index (χ2v) is 9.49. The summed E-state index contributed by atoms with van der Waals surface area (Å²) in [4.78, 5) is 11.6. The maximum Gasteiger partial charge on any atom is 0.407 e. The van der Waals surface area contributed by atoms with Gasteiger partial charge in [0.25, 0.3) is 0 Å². The first kappa shape index (κ1) is 20.9. The Labute approximate surface area is 158 Å². The van der Waals surface area contributed by atoms with Crippen molar-refractivity contribution in [2.45, 2.75) is 56.6 Å². The van der Waals surface area contributed by atoms with Crippen molar-refractivity contribution in [3.8, 4) is 0 Å². The van der Waals surface area contributed by atoms with Gasteiger partial charge in [0.1, 0.15) is 16.3 Å². The monoisotopic (exact) mass is 406 g/mol. The van der Waals surface area contributed by atoms with E-state index in [1.54, 1.807) is 20.8 Å². The number of hydrogen-bond donors (Lipinski definition) is 1. The van der Waals surface area contributed by atoms with Crippen LogP contribution in [0.15, 0.2) is 23.1 Å². The number of rotatable bonds is 4. The number of nitrogens with zero attached hydrogens (tertiary/aromatic N) is 1. The van der Waals surface area contributed by atoms with Crippen LogP contribution in [0, 0.1) is 5.82 Å². The second-order valence-electron chi connectivity index (χ2n) is 7.22. The molecule has 2 rings (SSSR count). The van der Waals surface area contributed by atoms with Gasteiger partial charge in [-0.05, 0) is 51.8 Å². The Hall–Kier alpha value is -1.38. The lowest BCUT2D eigenvalue weighted by Crippen LogP contribution is -2.49. The van der Waals surface area contributed by atoms with E-state index in [9.17, 15) is 17.6 Å². The van der Waals surface area contributed by atoms with Gasteiger partial charge in [-0.1, -0.05) is 18.0 Å². The largest absolute Gasteiger partial charge is 0.444 e. The molecule has 0 spiro atoms. The first-order valence-electron chi connectivity index (χ1n) is 8.44. The number of alkyl carbamates (subject to hydrolysis) is 1. The Kier molecular flexibility index (Phi) is 6.52. The summed E-state index contributed by atoms with van der Waals surface area (Å²) >= 11 is 5.99. The quantitative estimate of drug-likeness (QED) is 0.829. The summed E-state index contributed by atoms with van der Waals surface area (Å²) < 4.78 is 46.0. The number of carbonyl (C=O) groups is 1. The SMILES string of the molecule is CC(C)(C)OC(=O)NCC1CCCCN1S(=O)(=O)c1cc(F)ccc1Cl. The first-order valence-corrected chi connectivity index (χ1v) is 10.3. The topological polar surface area (TPSA) is 75.7 Å². The number of halogens is 2. The summed E-state index contributed by atoms with van der Waals surface area (Å²) in [6.07, 6.45) is 1.50. The van der Waals surface area contributed by atoms with Gasteiger partial charge in [0.2, 0.25) is 10.0 Å². The third-order valence-electron chi connectivity index (χ3n) is 3.93. The maximum absolute atomic E-state index is 13.5. The first-order chi connectivity index (χ1) is 12.0. The zero-order chi connectivity index (χ0) is 19.5. The van der Waals surface area contributed by atoms with E-state index in [0.29, 0.717) is 12.8 Å². The van der Waals surface area contributed by atoms with Crippen LogP contribution in [-0.2, 0) is 14.8 Å². The van der Waals surface area contributed by atoms with Gasteiger partial charge in [0.05, 0.1) is 5.02 Å². The van der Waals surface area contributed by atoms with Crippen molar-refractivity contribution >= 4 is 27.7 Å². The Morgan fingerprint density at radius 1 is 1.38 bits per heavy atom. The lowest BCUT2D eigenvalue weighted by molar-refractivity contribution is 0.0512. The molecule has 0 bridgehead atoms. The minimum Gasteiger partial charge on any atom is -0.444 e. The van der Waals surface area contributed by atoms with E-state index in [1.165, 1.54) is 10.4 Å². The van der Waals surface area contributed by atoms with E-state index in [0.717, 1.165) is 18.6 Å². The Morgan fingerprint density at radius 2 is 2.08 bits per heavy atom. The zero-order valence-corrected chi connectivity index (χ0v) is 16.7. The molecule has 0 saturated carbocycles. The molecule has 1 fully saturated rings. The molecular weight excluding hydrogens is 383 g/mol. The molecule has 0 radical (unpaired) electrons. The van der Waals surface area contributed by atoms with Crippen LogP contribution in [0.4, 0.5) is 9.18 Å². The standard InChI is InChI=1S/C17H24ClFN2O4S/c1-17(2,3)25-16(22)20-11-13-6-4-5-9-21(13)26(23,24)15-10-12(19)7-8-14(15)18/h7-8,10,13H,4-6,9,11H2,1-3H3,(H,20,22). The Morgan fingerprint density at radius 3 is 2.73 bits per heavy atom. The molecule has 1 amide bonds. The Bertz CT molecular complexity index is 765. The number of nitrogens with one attached hydrogen (secondary N) is 1. The highest BCUT2D eigenvalue weighted by Crippen LogP contribution is 2.30. The molecule has 1 aromatic rings. The van der Waals surface area contributed by atoms with Gasteiger partial charge >= 0.3 is 6.09 Å². The van der Waals surface area contributed by atoms with Crippen LogP contribution >= 0.6 is 11.6 Å². The van der Waals surface area contributed by atoms with Gasteiger partial charge in [-0.25, -0.2) is 17.6 Å². The summed E-state index contributed by atoms with van der Waals surface area (Å²) in [7, 11) is -3.98. The average molecular weight is 407 g/mol. The van der Waals surface area contributed by atoms with E-state index in [2.05, 4.69) is 5.32 Å². The van der Waals surface area contributed by atoms with Gasteiger partial charge in [0, 0.05) is 19.1 Å². The fraction of sp³-hybridized carbons (Fsp3) is 0.588. The molecule has 1 aliphatic rings. The van der Waals surface area contributed by atoms with Crippen LogP contribution in [-0.4, -0.2) is 43.5 Å². The molecule has 1 aliphatic heterocycles. The Balaban J connectivity index is 2.17. The predicted molar refractivity (Wildman–Crippen MR) is 97.2 cm³/mol. The third-order valence-corrected chi connectivity index (χ3v) is 6.37. The summed E-state index contributed by atoms with van der Waals surface area (Å²) in [5.41, 5.74) is -0.641. The van der Waals surface area contributed by atoms with Crippen LogP contribution in [0.25, 0.3) is 0 Å². The summed E-state index contributed by atoms with van der Waals surface area (Å²) in [5.74, 6) is -0.673. The molecule has 9 heteroatoms. The number of amides is 1. The number of sulfonamides is 1. The molecular formula is C17H24ClFN2O4S. The van der Waals surface area contributed by atoms with Crippen molar-refractivity contribution in [3.05, 3.63) is 29.0 Å². The molecule has 146 valence electrons. The summed E-state index contributed by atoms with van der Waals surface area (Å²) in [6, 6.07) is 2.81. The molecule has 1 heterocycles. The van der Waals surface area contributed by atoms with Crippen molar-refractivity contribution in [2.24, 2.45) is 0 Å². The highest BCUT2D eigenvalue weighted by Gasteiger charge is 2.35. The second kappa shape index (κ2) is 8.10.